The molecule has 0 bridgehead atoms. The number of allylic oxidation sites excluding steroid dienone is 2. The molecule has 0 radical (unpaired) electrons. The van der Waals surface area contributed by atoms with E-state index in [1.165, 1.54) is 23.8 Å². The number of carboxylic acid groups (broad SMARTS) is 1. The second-order valence-electron chi connectivity index (χ2n) is 5.73. The number of amides is 2. The molecule has 1 aromatic rings. The van der Waals surface area contributed by atoms with E-state index < -0.39 is 29.2 Å². The van der Waals surface area contributed by atoms with Crippen LogP contribution in [0.1, 0.15) is 12.6 Å². The van der Waals surface area contributed by atoms with Crippen LogP contribution in [0.4, 0.5) is 5.13 Å². The number of hydrogen-bond acceptors (Lipinski definition) is 9. The van der Waals surface area contributed by atoms with Crippen molar-refractivity contribution in [1.29, 1.82) is 0 Å². The summed E-state index contributed by atoms with van der Waals surface area (Å²) in [6, 6.07) is -0.878. The van der Waals surface area contributed by atoms with Gasteiger partial charge in [0.25, 0.3) is 11.8 Å². The lowest BCUT2D eigenvalue weighted by molar-refractivity contribution is -0.150. The van der Waals surface area contributed by atoms with Crippen molar-refractivity contribution in [2.75, 3.05) is 18.6 Å². The normalized spacial score (nSPS) is 22.1. The number of aliphatic carboxylic acids is 1. The van der Waals surface area contributed by atoms with E-state index in [0.717, 1.165) is 11.3 Å². The molecule has 12 heteroatoms. The van der Waals surface area contributed by atoms with Gasteiger partial charge in [-0.1, -0.05) is 17.3 Å². The molecule has 0 aromatic carbocycles. The van der Waals surface area contributed by atoms with Gasteiger partial charge in [0, 0.05) is 11.1 Å². The predicted octanol–water partition coefficient (Wildman–Crippen LogP) is 0.391. The maximum absolute atomic E-state index is 12.6. The highest BCUT2D eigenvalue weighted by Crippen LogP contribution is 2.40. The van der Waals surface area contributed by atoms with Crippen LogP contribution in [0.2, 0.25) is 0 Å². The fraction of sp³-hybridized carbons (Fsp3) is 0.312. The second-order valence-corrected chi connectivity index (χ2v) is 7.73. The maximum Gasteiger partial charge on any atom is 0.352 e. The molecule has 1 saturated heterocycles. The highest BCUT2D eigenvalue weighted by molar-refractivity contribution is 8.00. The summed E-state index contributed by atoms with van der Waals surface area (Å²) in [6.45, 7) is 1.77. The molecule has 0 unspecified atom stereocenters. The minimum Gasteiger partial charge on any atom is -0.477 e. The number of nitrogens with two attached hydrogens (primary N) is 1. The second kappa shape index (κ2) is 8.02. The number of nitrogens with zero attached hydrogens (tertiary/aromatic N) is 3. The summed E-state index contributed by atoms with van der Waals surface area (Å²) < 4.78 is 0. The molecule has 2 atom stereocenters. The van der Waals surface area contributed by atoms with Gasteiger partial charge in [-0.3, -0.25) is 14.5 Å². The van der Waals surface area contributed by atoms with Crippen molar-refractivity contribution in [3.8, 4) is 0 Å². The topological polar surface area (TPSA) is 147 Å². The Morgan fingerprint density at radius 1 is 1.54 bits per heavy atom. The number of carboxylic acids is 1. The number of β-lactam (4-membered cyclic amide) rings is 1. The zero-order valence-corrected chi connectivity index (χ0v) is 16.5. The van der Waals surface area contributed by atoms with Crippen LogP contribution in [-0.2, 0) is 19.2 Å². The molecule has 0 aliphatic carbocycles. The first kappa shape index (κ1) is 19.9. The molecule has 3 heterocycles. The van der Waals surface area contributed by atoms with Crippen molar-refractivity contribution in [3.05, 3.63) is 34.5 Å². The molecule has 2 aliphatic heterocycles. The summed E-state index contributed by atoms with van der Waals surface area (Å²) in [5, 5.41) is 17.1. The van der Waals surface area contributed by atoms with Gasteiger partial charge in [-0.15, -0.1) is 23.1 Å². The molecule has 1 aromatic heterocycles. The molecule has 1 fully saturated rings. The fourth-order valence-corrected chi connectivity index (χ4v) is 4.74. The smallest absolute Gasteiger partial charge is 0.352 e. The first-order chi connectivity index (χ1) is 13.4. The van der Waals surface area contributed by atoms with Crippen LogP contribution in [0.5, 0.6) is 0 Å². The molecule has 4 N–H and O–H groups in total. The molecule has 148 valence electrons. The van der Waals surface area contributed by atoms with Gasteiger partial charge >= 0.3 is 5.97 Å². The van der Waals surface area contributed by atoms with E-state index in [1.807, 2.05) is 0 Å². The summed E-state index contributed by atoms with van der Waals surface area (Å²) >= 11 is 2.51. The Labute approximate surface area is 168 Å². The summed E-state index contributed by atoms with van der Waals surface area (Å²) in [5.74, 6) is -1.93. The van der Waals surface area contributed by atoms with E-state index in [1.54, 1.807) is 24.5 Å². The number of carbonyl (C=O) groups is 3. The third-order valence-electron chi connectivity index (χ3n) is 4.02. The van der Waals surface area contributed by atoms with Crippen LogP contribution in [-0.4, -0.2) is 62.8 Å². The van der Waals surface area contributed by atoms with Gasteiger partial charge in [-0.25, -0.2) is 9.78 Å². The largest absolute Gasteiger partial charge is 0.477 e. The lowest BCUT2D eigenvalue weighted by Crippen LogP contribution is -2.71. The van der Waals surface area contributed by atoms with Crippen molar-refractivity contribution >= 4 is 51.7 Å². The number of anilines is 1. The molecule has 3 rings (SSSR count). The predicted molar refractivity (Wildman–Crippen MR) is 105 cm³/mol. The van der Waals surface area contributed by atoms with Crippen LogP contribution in [0, 0.1) is 0 Å². The number of aromatic nitrogens is 1. The van der Waals surface area contributed by atoms with Crippen LogP contribution in [0.3, 0.4) is 0 Å². The van der Waals surface area contributed by atoms with Crippen LogP contribution < -0.4 is 11.1 Å². The minimum atomic E-state index is -1.18. The highest BCUT2D eigenvalue weighted by atomic mass is 32.2. The molecule has 28 heavy (non-hydrogen) atoms. The number of nitrogens with one attached hydrogen (secondary N) is 1. The Morgan fingerprint density at radius 2 is 2.29 bits per heavy atom. The van der Waals surface area contributed by atoms with Crippen LogP contribution in [0.25, 0.3) is 0 Å². The average Bonchev–Trinajstić information content (AvgIpc) is 3.09. The number of thiazole rings is 1. The Morgan fingerprint density at radius 3 is 2.86 bits per heavy atom. The van der Waals surface area contributed by atoms with Gasteiger partial charge in [-0.2, -0.15) is 0 Å². The van der Waals surface area contributed by atoms with E-state index in [0.29, 0.717) is 11.3 Å². The Kier molecular flexibility index (Phi) is 5.70. The van der Waals surface area contributed by atoms with Crippen LogP contribution in [0.15, 0.2) is 34.0 Å². The number of rotatable bonds is 6. The lowest BCUT2D eigenvalue weighted by Gasteiger charge is -2.49. The van der Waals surface area contributed by atoms with Crippen molar-refractivity contribution in [2.45, 2.75) is 18.3 Å². The Bertz CT molecular complexity index is 922. The van der Waals surface area contributed by atoms with E-state index in [4.69, 9.17) is 10.6 Å². The number of carbonyl (C=O) groups excluding carboxylic acids is 2. The monoisotopic (exact) mass is 423 g/mol. The Hall–Kier alpha value is -2.86. The molecular weight excluding hydrogens is 406 g/mol. The maximum atomic E-state index is 12.6. The summed E-state index contributed by atoms with van der Waals surface area (Å²) in [6.07, 6.45) is 3.39. The standard InChI is InChI=1S/C16H17N5O5S2/c1-3-4-7-5-27-14-10(13(23)21(14)11(7)15(24)25)19-12(22)9(20-26-2)8-6-28-16(17)18-8/h3-4,6,10,14H,5H2,1-2H3,(H2,17,18)(H,19,22)(H,24,25)/b4-3+,20-9-/t10-,14+/m1/s1. The number of oxime groups is 1. The molecule has 10 nitrogen and oxygen atoms in total. The Balaban J connectivity index is 1.80. The highest BCUT2D eigenvalue weighted by Gasteiger charge is 2.54. The van der Waals surface area contributed by atoms with Gasteiger partial charge in [0.1, 0.15) is 29.9 Å². The zero-order chi connectivity index (χ0) is 20.4. The number of hydrogen-bond donors (Lipinski definition) is 3. The molecule has 2 aliphatic rings. The lowest BCUT2D eigenvalue weighted by atomic mass is 10.0. The SMILES string of the molecule is C/C=C/C1=C(C(=O)O)N2C(=O)[C@@H](NC(=O)/C(=N\OC)c3csc(N)n3)[C@@H]2SC1. The average molecular weight is 423 g/mol. The molecule has 2 amide bonds. The quantitative estimate of drug-likeness (QED) is 0.338. The third kappa shape index (κ3) is 3.47. The molecule has 0 saturated carbocycles. The first-order valence-electron chi connectivity index (χ1n) is 8.06. The summed E-state index contributed by atoms with van der Waals surface area (Å²) in [4.78, 5) is 46.8. The van der Waals surface area contributed by atoms with E-state index >= 15 is 0 Å². The number of nitrogen functional groups attached to an aromatic ring is 1. The fourth-order valence-electron chi connectivity index (χ4n) is 2.87. The van der Waals surface area contributed by atoms with Crippen molar-refractivity contribution in [3.63, 3.8) is 0 Å². The summed E-state index contributed by atoms with van der Waals surface area (Å²) in [5.41, 5.74) is 6.19. The van der Waals surface area contributed by atoms with Crippen molar-refractivity contribution in [2.24, 2.45) is 5.16 Å². The van der Waals surface area contributed by atoms with Crippen molar-refractivity contribution in [1.82, 2.24) is 15.2 Å². The number of thioether (sulfide) groups is 1. The van der Waals surface area contributed by atoms with E-state index in [-0.39, 0.29) is 22.2 Å². The van der Waals surface area contributed by atoms with Gasteiger partial charge < -0.3 is 21.0 Å². The van der Waals surface area contributed by atoms with Crippen molar-refractivity contribution < 1.29 is 24.3 Å². The van der Waals surface area contributed by atoms with Gasteiger partial charge in [0.2, 0.25) is 0 Å². The molecular formula is C16H17N5O5S2. The van der Waals surface area contributed by atoms with E-state index in [9.17, 15) is 19.5 Å². The third-order valence-corrected chi connectivity index (χ3v) is 5.99. The van der Waals surface area contributed by atoms with Gasteiger partial charge in [0.05, 0.1) is 0 Å². The minimum absolute atomic E-state index is 0.0598. The zero-order valence-electron chi connectivity index (χ0n) is 14.9. The molecule has 0 spiro atoms. The van der Waals surface area contributed by atoms with E-state index in [2.05, 4.69) is 15.5 Å². The first-order valence-corrected chi connectivity index (χ1v) is 9.99. The summed E-state index contributed by atoms with van der Waals surface area (Å²) in [7, 11) is 1.28. The van der Waals surface area contributed by atoms with Gasteiger partial charge in [0.15, 0.2) is 10.8 Å². The number of fused-ring (bicyclic) bond motifs is 1. The van der Waals surface area contributed by atoms with Crippen LogP contribution >= 0.6 is 23.1 Å². The van der Waals surface area contributed by atoms with Gasteiger partial charge in [-0.05, 0) is 12.5 Å².